The number of carbonyl (C=O) groups is 1. The van der Waals surface area contributed by atoms with Crippen molar-refractivity contribution in [3.05, 3.63) is 71.0 Å². The second kappa shape index (κ2) is 9.31. The van der Waals surface area contributed by atoms with Crippen LogP contribution in [-0.2, 0) is 9.53 Å². The fourth-order valence-electron chi connectivity index (χ4n) is 4.36. The van der Waals surface area contributed by atoms with Gasteiger partial charge in [0.05, 0.1) is 24.3 Å². The second-order valence-corrected chi connectivity index (χ2v) is 7.83. The van der Waals surface area contributed by atoms with Crippen molar-refractivity contribution in [2.24, 2.45) is 5.92 Å². The van der Waals surface area contributed by atoms with Gasteiger partial charge < -0.3 is 14.7 Å². The first kappa shape index (κ1) is 21.1. The Balaban J connectivity index is 1.51. The predicted molar refractivity (Wildman–Crippen MR) is 112 cm³/mol. The summed E-state index contributed by atoms with van der Waals surface area (Å²) in [7, 11) is 0. The Morgan fingerprint density at radius 2 is 1.84 bits per heavy atom. The number of hydrogen-bond donors (Lipinski definition) is 1. The average molecular weight is 418 g/mol. The Kier molecular flexibility index (Phi) is 6.32. The van der Waals surface area contributed by atoms with Crippen LogP contribution in [0.4, 0.5) is 4.39 Å². The molecular weight excluding hydrogens is 395 g/mol. The molecule has 2 aliphatic heterocycles. The predicted octanol–water partition coefficient (Wildman–Crippen LogP) is 2.83. The molecule has 2 fully saturated rings. The molecule has 158 valence electrons. The standard InChI is InChI=1S/C25H23FN2O3/c26-21-4-2-1-3-18(21)8-5-17-6-9-19(10-7-17)24-22(15-27)28(23(24)16-29)25(30)20-11-13-31-14-12-20/h1-4,6-7,9-10,20,22-24,29H,11-14,16H2/t22-,23+,24+/m0/s1. The normalized spacial score (nSPS) is 23.3. The van der Waals surface area contributed by atoms with E-state index < -0.39 is 12.1 Å². The van der Waals surface area contributed by atoms with E-state index in [4.69, 9.17) is 4.74 Å². The second-order valence-electron chi connectivity index (χ2n) is 7.83. The Morgan fingerprint density at radius 1 is 1.13 bits per heavy atom. The van der Waals surface area contributed by atoms with Gasteiger partial charge in [-0.1, -0.05) is 36.1 Å². The van der Waals surface area contributed by atoms with Gasteiger partial charge in [0, 0.05) is 30.6 Å². The number of aliphatic hydroxyl groups is 1. The molecule has 0 spiro atoms. The van der Waals surface area contributed by atoms with E-state index in [2.05, 4.69) is 17.9 Å². The van der Waals surface area contributed by atoms with Crippen LogP contribution in [0.2, 0.25) is 0 Å². The van der Waals surface area contributed by atoms with Crippen LogP contribution < -0.4 is 0 Å². The minimum absolute atomic E-state index is 0.0717. The number of aliphatic hydroxyl groups excluding tert-OH is 1. The number of nitrogens with zero attached hydrogens (tertiary/aromatic N) is 2. The van der Waals surface area contributed by atoms with Crippen LogP contribution in [0.25, 0.3) is 0 Å². The third kappa shape index (κ3) is 4.18. The lowest BCUT2D eigenvalue weighted by Gasteiger charge is -2.52. The summed E-state index contributed by atoms with van der Waals surface area (Å²) in [5.41, 5.74) is 1.92. The topological polar surface area (TPSA) is 73.6 Å². The van der Waals surface area contributed by atoms with Gasteiger partial charge in [0.25, 0.3) is 0 Å². The number of likely N-dealkylation sites (tertiary alicyclic amines) is 1. The number of hydrogen-bond acceptors (Lipinski definition) is 4. The molecule has 0 aliphatic carbocycles. The van der Waals surface area contributed by atoms with Crippen molar-refractivity contribution in [2.45, 2.75) is 30.8 Å². The van der Waals surface area contributed by atoms with Gasteiger partial charge in [-0.15, -0.1) is 0 Å². The zero-order chi connectivity index (χ0) is 21.8. The van der Waals surface area contributed by atoms with Crippen molar-refractivity contribution < 1.29 is 19.0 Å². The summed E-state index contributed by atoms with van der Waals surface area (Å²) in [6.45, 7) is 0.890. The molecule has 1 amide bonds. The third-order valence-corrected chi connectivity index (χ3v) is 6.07. The maximum atomic E-state index is 13.7. The molecule has 2 saturated heterocycles. The number of nitriles is 1. The number of amides is 1. The Morgan fingerprint density at radius 3 is 2.48 bits per heavy atom. The van der Waals surface area contributed by atoms with Gasteiger partial charge in [-0.05, 0) is 42.7 Å². The summed E-state index contributed by atoms with van der Waals surface area (Å²) >= 11 is 0. The Bertz CT molecular complexity index is 1040. The van der Waals surface area contributed by atoms with E-state index in [1.165, 1.54) is 6.07 Å². The zero-order valence-corrected chi connectivity index (χ0v) is 17.0. The van der Waals surface area contributed by atoms with Crippen LogP contribution in [0.15, 0.2) is 48.5 Å². The van der Waals surface area contributed by atoms with Gasteiger partial charge in [0.1, 0.15) is 11.9 Å². The Hall–Kier alpha value is -3.19. The first-order valence-electron chi connectivity index (χ1n) is 10.4. The first-order valence-corrected chi connectivity index (χ1v) is 10.4. The lowest BCUT2D eigenvalue weighted by Crippen LogP contribution is -2.66. The zero-order valence-electron chi connectivity index (χ0n) is 17.0. The Labute approximate surface area is 181 Å². The van der Waals surface area contributed by atoms with Crippen molar-refractivity contribution >= 4 is 5.91 Å². The van der Waals surface area contributed by atoms with E-state index in [1.807, 2.05) is 24.3 Å². The maximum absolute atomic E-state index is 13.7. The summed E-state index contributed by atoms with van der Waals surface area (Å²) in [5, 5.41) is 19.7. The first-order chi connectivity index (χ1) is 15.1. The molecule has 0 aromatic heterocycles. The maximum Gasteiger partial charge on any atom is 0.227 e. The van der Waals surface area contributed by atoms with Gasteiger partial charge >= 0.3 is 0 Å². The molecule has 2 aromatic carbocycles. The molecule has 3 atom stereocenters. The van der Waals surface area contributed by atoms with E-state index in [0.717, 1.165) is 11.1 Å². The van der Waals surface area contributed by atoms with Crippen LogP contribution in [0.5, 0.6) is 0 Å². The summed E-state index contributed by atoms with van der Waals surface area (Å²) in [5.74, 6) is 4.92. The molecule has 2 aromatic rings. The largest absolute Gasteiger partial charge is 0.394 e. The highest BCUT2D eigenvalue weighted by Gasteiger charge is 2.52. The molecule has 0 saturated carbocycles. The van der Waals surface area contributed by atoms with Crippen molar-refractivity contribution in [2.75, 3.05) is 19.8 Å². The number of carbonyl (C=O) groups excluding carboxylic acids is 1. The monoisotopic (exact) mass is 418 g/mol. The van der Waals surface area contributed by atoms with Gasteiger partial charge in [-0.3, -0.25) is 4.79 Å². The van der Waals surface area contributed by atoms with Crippen LogP contribution in [-0.4, -0.2) is 47.8 Å². The fourth-order valence-corrected chi connectivity index (χ4v) is 4.36. The molecule has 0 unspecified atom stereocenters. The molecule has 5 nitrogen and oxygen atoms in total. The molecule has 6 heteroatoms. The van der Waals surface area contributed by atoms with Crippen LogP contribution in [0.3, 0.4) is 0 Å². The van der Waals surface area contributed by atoms with E-state index in [-0.39, 0.29) is 30.2 Å². The van der Waals surface area contributed by atoms with Crippen LogP contribution in [0, 0.1) is 34.9 Å². The summed E-state index contributed by atoms with van der Waals surface area (Å²) in [6.07, 6.45) is 1.29. The SMILES string of the molecule is N#C[C@H]1[C@@H](c2ccc(C#Cc3ccccc3F)cc2)[C@@H](CO)N1C(=O)C1CCOCC1. The molecular formula is C25H23FN2O3. The molecule has 31 heavy (non-hydrogen) atoms. The quantitative estimate of drug-likeness (QED) is 0.778. The molecule has 1 N–H and O–H groups in total. The van der Waals surface area contributed by atoms with Gasteiger partial charge in [-0.2, -0.15) is 5.26 Å². The summed E-state index contributed by atoms with van der Waals surface area (Å²) in [6, 6.07) is 14.9. The van der Waals surface area contributed by atoms with E-state index >= 15 is 0 Å². The highest BCUT2D eigenvalue weighted by molar-refractivity contribution is 5.81. The van der Waals surface area contributed by atoms with Crippen molar-refractivity contribution in [1.29, 1.82) is 5.26 Å². The van der Waals surface area contributed by atoms with Crippen molar-refractivity contribution in [3.63, 3.8) is 0 Å². The summed E-state index contributed by atoms with van der Waals surface area (Å²) < 4.78 is 19.0. The number of halogens is 1. The molecule has 4 rings (SSSR count). The van der Waals surface area contributed by atoms with E-state index in [0.29, 0.717) is 31.6 Å². The lowest BCUT2D eigenvalue weighted by atomic mass is 9.74. The van der Waals surface area contributed by atoms with E-state index in [1.54, 1.807) is 23.1 Å². The van der Waals surface area contributed by atoms with Gasteiger partial charge in [0.15, 0.2) is 0 Å². The number of rotatable bonds is 3. The lowest BCUT2D eigenvalue weighted by molar-refractivity contribution is -0.154. The molecule has 0 radical (unpaired) electrons. The fraction of sp³-hybridized carbons (Fsp3) is 0.360. The van der Waals surface area contributed by atoms with Crippen molar-refractivity contribution in [3.8, 4) is 17.9 Å². The van der Waals surface area contributed by atoms with Crippen LogP contribution in [0.1, 0.15) is 35.4 Å². The smallest absolute Gasteiger partial charge is 0.227 e. The van der Waals surface area contributed by atoms with E-state index in [9.17, 15) is 19.6 Å². The van der Waals surface area contributed by atoms with Crippen LogP contribution >= 0.6 is 0 Å². The minimum Gasteiger partial charge on any atom is -0.394 e. The number of benzene rings is 2. The minimum atomic E-state index is -0.608. The van der Waals surface area contributed by atoms with Gasteiger partial charge in [0.2, 0.25) is 5.91 Å². The highest BCUT2D eigenvalue weighted by Crippen LogP contribution is 2.42. The summed E-state index contributed by atoms with van der Waals surface area (Å²) in [4.78, 5) is 14.5. The highest BCUT2D eigenvalue weighted by atomic mass is 19.1. The average Bonchev–Trinajstić information content (AvgIpc) is 2.80. The number of ether oxygens (including phenoxy) is 1. The van der Waals surface area contributed by atoms with Crippen molar-refractivity contribution in [1.82, 2.24) is 4.90 Å². The molecule has 2 aliphatic rings. The third-order valence-electron chi connectivity index (χ3n) is 6.07. The van der Waals surface area contributed by atoms with Gasteiger partial charge in [-0.25, -0.2) is 4.39 Å². The molecule has 2 heterocycles. The molecule has 0 bridgehead atoms.